The van der Waals surface area contributed by atoms with E-state index in [1.54, 1.807) is 0 Å². The second-order valence-corrected chi connectivity index (χ2v) is 7.18. The van der Waals surface area contributed by atoms with E-state index in [4.69, 9.17) is 0 Å². The fourth-order valence-corrected chi connectivity index (χ4v) is 3.78. The van der Waals surface area contributed by atoms with Crippen LogP contribution in [0.15, 0.2) is 48.5 Å². The number of para-hydroxylation sites is 1. The van der Waals surface area contributed by atoms with Crippen LogP contribution in [0.1, 0.15) is 23.1 Å². The molecule has 1 saturated heterocycles. The van der Waals surface area contributed by atoms with Gasteiger partial charge < -0.3 is 20.6 Å². The Bertz CT molecular complexity index is 775. The molecule has 0 bridgehead atoms. The largest absolute Gasteiger partial charge is 0.392 e. The molecule has 2 heterocycles. The molecule has 0 radical (unpaired) electrons. The van der Waals surface area contributed by atoms with Crippen LogP contribution < -0.4 is 15.5 Å². The lowest BCUT2D eigenvalue weighted by atomic mass is 10.1. The number of hydrogen-bond donors (Lipinski definition) is 3. The standard InChI is InChI=1S/C21H25N3O2/c25-18-11-19(22-13-18)21(26)23-12-15-5-7-16(8-6-15)14-24-10-9-17-3-1-2-4-20(17)24/h1-8,18-19,22,25H,9-14H2,(H,23,26)/t18-,19+/m0/s1. The normalized spacial score (nSPS) is 21.7. The smallest absolute Gasteiger partial charge is 0.237 e. The third-order valence-corrected chi connectivity index (χ3v) is 5.27. The molecular formula is C21H25N3O2. The molecule has 0 spiro atoms. The molecule has 2 aliphatic rings. The molecular weight excluding hydrogens is 326 g/mol. The first-order valence-corrected chi connectivity index (χ1v) is 9.29. The van der Waals surface area contributed by atoms with Crippen molar-refractivity contribution in [2.24, 2.45) is 0 Å². The van der Waals surface area contributed by atoms with Crippen molar-refractivity contribution in [1.82, 2.24) is 10.6 Å². The number of aliphatic hydroxyl groups is 1. The molecule has 1 amide bonds. The SMILES string of the molecule is O=C(NCc1ccc(CN2CCc3ccccc32)cc1)[C@H]1C[C@H](O)CN1. The van der Waals surface area contributed by atoms with E-state index in [1.807, 2.05) is 0 Å². The number of hydrogen-bond acceptors (Lipinski definition) is 4. The van der Waals surface area contributed by atoms with Crippen LogP contribution >= 0.6 is 0 Å². The van der Waals surface area contributed by atoms with Crippen molar-refractivity contribution in [2.75, 3.05) is 18.0 Å². The highest BCUT2D eigenvalue weighted by atomic mass is 16.3. The number of amides is 1. The Morgan fingerprint density at radius 2 is 1.92 bits per heavy atom. The Hall–Kier alpha value is -2.37. The molecule has 136 valence electrons. The second kappa shape index (κ2) is 7.48. The summed E-state index contributed by atoms with van der Waals surface area (Å²) in [7, 11) is 0. The average molecular weight is 351 g/mol. The van der Waals surface area contributed by atoms with Crippen LogP contribution in [0.5, 0.6) is 0 Å². The predicted molar refractivity (Wildman–Crippen MR) is 102 cm³/mol. The molecule has 2 aromatic rings. The van der Waals surface area contributed by atoms with Crippen LogP contribution in [0.2, 0.25) is 0 Å². The summed E-state index contributed by atoms with van der Waals surface area (Å²) in [6.45, 7) is 2.98. The van der Waals surface area contributed by atoms with Gasteiger partial charge in [0.2, 0.25) is 5.91 Å². The van der Waals surface area contributed by atoms with Gasteiger partial charge in [0.15, 0.2) is 0 Å². The number of anilines is 1. The molecule has 0 unspecified atom stereocenters. The molecule has 3 N–H and O–H groups in total. The minimum absolute atomic E-state index is 0.0423. The number of carbonyl (C=O) groups is 1. The monoisotopic (exact) mass is 351 g/mol. The summed E-state index contributed by atoms with van der Waals surface area (Å²) >= 11 is 0. The van der Waals surface area contributed by atoms with Crippen LogP contribution in [-0.2, 0) is 24.3 Å². The number of nitrogens with zero attached hydrogens (tertiary/aromatic N) is 1. The predicted octanol–water partition coefficient (Wildman–Crippen LogP) is 1.59. The van der Waals surface area contributed by atoms with E-state index >= 15 is 0 Å². The minimum atomic E-state index is -0.416. The van der Waals surface area contributed by atoms with Crippen LogP contribution in [0.3, 0.4) is 0 Å². The highest BCUT2D eigenvalue weighted by Gasteiger charge is 2.27. The number of benzene rings is 2. The molecule has 2 aromatic carbocycles. The molecule has 1 fully saturated rings. The highest BCUT2D eigenvalue weighted by Crippen LogP contribution is 2.28. The van der Waals surface area contributed by atoms with Gasteiger partial charge in [-0.3, -0.25) is 4.79 Å². The van der Waals surface area contributed by atoms with Gasteiger partial charge in [0, 0.05) is 31.9 Å². The molecule has 0 saturated carbocycles. The summed E-state index contributed by atoms with van der Waals surface area (Å²) in [4.78, 5) is 14.5. The van der Waals surface area contributed by atoms with Gasteiger partial charge in [-0.1, -0.05) is 42.5 Å². The van der Waals surface area contributed by atoms with Gasteiger partial charge in [-0.25, -0.2) is 0 Å². The van der Waals surface area contributed by atoms with Gasteiger partial charge >= 0.3 is 0 Å². The van der Waals surface area contributed by atoms with Gasteiger partial charge in [-0.2, -0.15) is 0 Å². The molecule has 5 heteroatoms. The number of carbonyl (C=O) groups excluding carboxylic acids is 1. The molecule has 5 nitrogen and oxygen atoms in total. The molecule has 0 aromatic heterocycles. The average Bonchev–Trinajstić information content (AvgIpc) is 3.28. The molecule has 2 atom stereocenters. The van der Waals surface area contributed by atoms with E-state index in [1.165, 1.54) is 16.8 Å². The van der Waals surface area contributed by atoms with E-state index in [0.29, 0.717) is 19.5 Å². The highest BCUT2D eigenvalue weighted by molar-refractivity contribution is 5.82. The van der Waals surface area contributed by atoms with Crippen molar-refractivity contribution in [3.05, 3.63) is 65.2 Å². The first-order chi connectivity index (χ1) is 12.7. The van der Waals surface area contributed by atoms with Gasteiger partial charge in [-0.15, -0.1) is 0 Å². The van der Waals surface area contributed by atoms with E-state index in [0.717, 1.165) is 25.1 Å². The van der Waals surface area contributed by atoms with Crippen molar-refractivity contribution >= 4 is 11.6 Å². The van der Waals surface area contributed by atoms with Crippen molar-refractivity contribution in [2.45, 2.75) is 38.1 Å². The topological polar surface area (TPSA) is 64.6 Å². The first-order valence-electron chi connectivity index (χ1n) is 9.29. The number of rotatable bonds is 5. The second-order valence-electron chi connectivity index (χ2n) is 7.18. The lowest BCUT2D eigenvalue weighted by Gasteiger charge is -2.19. The maximum atomic E-state index is 12.1. The summed E-state index contributed by atoms with van der Waals surface area (Å²) < 4.78 is 0. The zero-order valence-corrected chi connectivity index (χ0v) is 14.8. The zero-order valence-electron chi connectivity index (χ0n) is 14.8. The lowest BCUT2D eigenvalue weighted by Crippen LogP contribution is -2.40. The summed E-state index contributed by atoms with van der Waals surface area (Å²) in [6, 6.07) is 16.8. The first kappa shape index (κ1) is 17.1. The summed E-state index contributed by atoms with van der Waals surface area (Å²) in [5.74, 6) is -0.0423. The summed E-state index contributed by atoms with van der Waals surface area (Å²) in [5.41, 5.74) is 5.13. The summed E-state index contributed by atoms with van der Waals surface area (Å²) in [5, 5.41) is 15.5. The van der Waals surface area contributed by atoms with Crippen LogP contribution in [0, 0.1) is 0 Å². The molecule has 4 rings (SSSR count). The van der Waals surface area contributed by atoms with Crippen LogP contribution in [0.25, 0.3) is 0 Å². The number of aliphatic hydroxyl groups excluding tert-OH is 1. The third-order valence-electron chi connectivity index (χ3n) is 5.27. The Labute approximate surface area is 154 Å². The molecule has 0 aliphatic carbocycles. The van der Waals surface area contributed by atoms with E-state index in [2.05, 4.69) is 64.1 Å². The molecule has 26 heavy (non-hydrogen) atoms. The number of nitrogens with one attached hydrogen (secondary N) is 2. The quantitative estimate of drug-likeness (QED) is 0.765. The van der Waals surface area contributed by atoms with Gasteiger partial charge in [0.05, 0.1) is 12.1 Å². The van der Waals surface area contributed by atoms with Crippen molar-refractivity contribution in [1.29, 1.82) is 0 Å². The minimum Gasteiger partial charge on any atom is -0.392 e. The van der Waals surface area contributed by atoms with Gasteiger partial charge in [-0.05, 0) is 35.6 Å². The zero-order chi connectivity index (χ0) is 17.9. The van der Waals surface area contributed by atoms with Crippen LogP contribution in [-0.4, -0.2) is 36.2 Å². The maximum absolute atomic E-state index is 12.1. The fraction of sp³-hybridized carbons (Fsp3) is 0.381. The van der Waals surface area contributed by atoms with E-state index in [-0.39, 0.29) is 11.9 Å². The van der Waals surface area contributed by atoms with Crippen molar-refractivity contribution < 1.29 is 9.90 Å². The lowest BCUT2D eigenvalue weighted by molar-refractivity contribution is -0.123. The fourth-order valence-electron chi connectivity index (χ4n) is 3.78. The van der Waals surface area contributed by atoms with Gasteiger partial charge in [0.1, 0.15) is 0 Å². The number of β-amino-alcohol motifs (C(OH)–C–C–N with tert-alkyl or cyclic N) is 1. The Morgan fingerprint density at radius 1 is 1.15 bits per heavy atom. The van der Waals surface area contributed by atoms with E-state index < -0.39 is 6.10 Å². The van der Waals surface area contributed by atoms with E-state index in [9.17, 15) is 9.90 Å². The molecule has 2 aliphatic heterocycles. The third kappa shape index (κ3) is 3.74. The Balaban J connectivity index is 1.31. The van der Waals surface area contributed by atoms with Crippen LogP contribution in [0.4, 0.5) is 5.69 Å². The van der Waals surface area contributed by atoms with Crippen molar-refractivity contribution in [3.8, 4) is 0 Å². The summed E-state index contributed by atoms with van der Waals surface area (Å²) in [6.07, 6.45) is 1.19. The number of fused-ring (bicyclic) bond motifs is 1. The Kier molecular flexibility index (Phi) is 4.91. The maximum Gasteiger partial charge on any atom is 0.237 e. The van der Waals surface area contributed by atoms with Gasteiger partial charge in [0.25, 0.3) is 0 Å². The van der Waals surface area contributed by atoms with Crippen molar-refractivity contribution in [3.63, 3.8) is 0 Å². The Morgan fingerprint density at radius 3 is 2.69 bits per heavy atom.